The smallest absolute Gasteiger partial charge is 0.414 e. The van der Waals surface area contributed by atoms with Crippen molar-refractivity contribution in [1.82, 2.24) is 25.5 Å². The molecule has 4 aromatic rings. The van der Waals surface area contributed by atoms with Crippen molar-refractivity contribution in [2.45, 2.75) is 37.9 Å². The molecule has 2 aromatic carbocycles. The van der Waals surface area contributed by atoms with Crippen LogP contribution < -0.4 is 25.0 Å². The van der Waals surface area contributed by atoms with Crippen LogP contribution in [0.4, 0.5) is 15.3 Å². The van der Waals surface area contributed by atoms with E-state index < -0.39 is 35.9 Å². The molecule has 1 saturated heterocycles. The van der Waals surface area contributed by atoms with E-state index in [1.807, 2.05) is 42.5 Å². The van der Waals surface area contributed by atoms with Gasteiger partial charge in [0, 0.05) is 43.9 Å². The van der Waals surface area contributed by atoms with E-state index in [4.69, 9.17) is 9.47 Å². The zero-order chi connectivity index (χ0) is 33.6. The van der Waals surface area contributed by atoms with Crippen LogP contribution in [-0.2, 0) is 22.6 Å². The minimum absolute atomic E-state index is 0.0352. The molecule has 0 radical (unpaired) electrons. The van der Waals surface area contributed by atoms with E-state index in [2.05, 4.69) is 20.6 Å². The van der Waals surface area contributed by atoms with Crippen molar-refractivity contribution in [1.29, 1.82) is 0 Å². The SMILES string of the molecule is COc1ccc(CNC(=O)Oc2cc(C[C@H]3C(=O)N(C(=O)NC(c4ccccc4)C4CC4)[C@@H]3C(=O)N(C)c3ccncc3)ccn2)cc1. The summed E-state index contributed by atoms with van der Waals surface area (Å²) < 4.78 is 10.6. The van der Waals surface area contributed by atoms with Gasteiger partial charge in [0.15, 0.2) is 0 Å². The van der Waals surface area contributed by atoms with Crippen molar-refractivity contribution in [3.8, 4) is 11.6 Å². The van der Waals surface area contributed by atoms with Crippen molar-refractivity contribution >= 4 is 29.6 Å². The maximum Gasteiger partial charge on any atom is 0.414 e. The van der Waals surface area contributed by atoms with Gasteiger partial charge in [-0.05, 0) is 72.2 Å². The second-order valence-corrected chi connectivity index (χ2v) is 11.8. The Morgan fingerprint density at radius 3 is 2.38 bits per heavy atom. The van der Waals surface area contributed by atoms with Crippen molar-refractivity contribution < 1.29 is 28.7 Å². The molecule has 12 nitrogen and oxygen atoms in total. The first-order chi connectivity index (χ1) is 23.3. The number of nitrogens with one attached hydrogen (secondary N) is 2. The maximum atomic E-state index is 14.0. The van der Waals surface area contributed by atoms with Crippen LogP contribution in [0, 0.1) is 11.8 Å². The Balaban J connectivity index is 1.16. The van der Waals surface area contributed by atoms with Gasteiger partial charge in [-0.2, -0.15) is 0 Å². The molecule has 3 heterocycles. The summed E-state index contributed by atoms with van der Waals surface area (Å²) in [5, 5.41) is 5.72. The second kappa shape index (κ2) is 14.3. The number of hydrogen-bond acceptors (Lipinski definition) is 8. The molecule has 1 saturated carbocycles. The lowest BCUT2D eigenvalue weighted by Gasteiger charge is -2.46. The Labute approximate surface area is 278 Å². The highest BCUT2D eigenvalue weighted by molar-refractivity contribution is 6.12. The molecular formula is C36H36N6O6. The number of urea groups is 1. The van der Waals surface area contributed by atoms with Gasteiger partial charge in [0.25, 0.3) is 5.91 Å². The van der Waals surface area contributed by atoms with Gasteiger partial charge >= 0.3 is 12.1 Å². The number of anilines is 1. The third-order valence-corrected chi connectivity index (χ3v) is 8.65. The van der Waals surface area contributed by atoms with Gasteiger partial charge in [-0.3, -0.25) is 19.5 Å². The number of carbonyl (C=O) groups excluding carboxylic acids is 4. The Kier molecular flexibility index (Phi) is 9.60. The number of likely N-dealkylation sites (tertiary alicyclic amines) is 1. The van der Waals surface area contributed by atoms with Crippen LogP contribution in [-0.4, -0.2) is 59.0 Å². The molecule has 246 valence electrons. The van der Waals surface area contributed by atoms with E-state index in [1.165, 1.54) is 11.1 Å². The number of amides is 5. The number of carbonyl (C=O) groups is 4. The van der Waals surface area contributed by atoms with Gasteiger partial charge in [0.2, 0.25) is 11.8 Å². The Bertz CT molecular complexity index is 1770. The first-order valence-corrected chi connectivity index (χ1v) is 15.7. The summed E-state index contributed by atoms with van der Waals surface area (Å²) in [7, 11) is 3.18. The number of likely N-dealkylation sites (N-methyl/N-ethyl adjacent to an activating group) is 1. The molecular weight excluding hydrogens is 612 g/mol. The van der Waals surface area contributed by atoms with Crippen LogP contribution in [0.25, 0.3) is 0 Å². The van der Waals surface area contributed by atoms with E-state index in [0.717, 1.165) is 28.9 Å². The maximum absolute atomic E-state index is 14.0. The first-order valence-electron chi connectivity index (χ1n) is 15.7. The second-order valence-electron chi connectivity index (χ2n) is 11.8. The number of imide groups is 1. The highest BCUT2D eigenvalue weighted by atomic mass is 16.6. The number of methoxy groups -OCH3 is 1. The average Bonchev–Trinajstić information content (AvgIpc) is 3.97. The highest BCUT2D eigenvalue weighted by Crippen LogP contribution is 2.42. The molecule has 3 atom stereocenters. The van der Waals surface area contributed by atoms with Crippen LogP contribution in [0.1, 0.15) is 35.6 Å². The van der Waals surface area contributed by atoms with E-state index in [1.54, 1.807) is 62.9 Å². The lowest BCUT2D eigenvalue weighted by Crippen LogP contribution is -2.70. The molecule has 0 spiro atoms. The summed E-state index contributed by atoms with van der Waals surface area (Å²) in [6.45, 7) is 0.234. The largest absolute Gasteiger partial charge is 0.497 e. The Hall–Kier alpha value is -5.78. The van der Waals surface area contributed by atoms with E-state index in [-0.39, 0.29) is 30.8 Å². The quantitative estimate of drug-likeness (QED) is 0.224. The molecule has 1 aliphatic carbocycles. The first kappa shape index (κ1) is 32.2. The lowest BCUT2D eigenvalue weighted by molar-refractivity contribution is -0.156. The summed E-state index contributed by atoms with van der Waals surface area (Å²) >= 11 is 0. The number of benzene rings is 2. The monoisotopic (exact) mass is 648 g/mol. The fourth-order valence-electron chi connectivity index (χ4n) is 5.85. The summed E-state index contributed by atoms with van der Waals surface area (Å²) in [5.41, 5.74) is 3.00. The fourth-order valence-corrected chi connectivity index (χ4v) is 5.85. The van der Waals surface area contributed by atoms with Gasteiger partial charge in [-0.25, -0.2) is 14.6 Å². The third kappa shape index (κ3) is 7.27. The number of rotatable bonds is 11. The zero-order valence-electron chi connectivity index (χ0n) is 26.6. The van der Waals surface area contributed by atoms with Gasteiger partial charge in [-0.15, -0.1) is 0 Å². The van der Waals surface area contributed by atoms with E-state index in [9.17, 15) is 19.2 Å². The average molecular weight is 649 g/mol. The molecule has 2 aromatic heterocycles. The van der Waals surface area contributed by atoms with Gasteiger partial charge < -0.3 is 25.0 Å². The lowest BCUT2D eigenvalue weighted by atomic mass is 9.81. The number of nitrogens with zero attached hydrogens (tertiary/aromatic N) is 4. The van der Waals surface area contributed by atoms with E-state index in [0.29, 0.717) is 17.0 Å². The molecule has 12 heteroatoms. The fraction of sp³-hybridized carbons (Fsp3) is 0.278. The summed E-state index contributed by atoms with van der Waals surface area (Å²) in [6, 6.07) is 21.5. The van der Waals surface area contributed by atoms with Crippen LogP contribution in [0.2, 0.25) is 0 Å². The predicted octanol–water partition coefficient (Wildman–Crippen LogP) is 4.67. The van der Waals surface area contributed by atoms with Gasteiger partial charge in [0.05, 0.1) is 19.1 Å². The van der Waals surface area contributed by atoms with Crippen molar-refractivity contribution in [2.75, 3.05) is 19.1 Å². The standard InChI is InChI=1S/C36H36N6O6/c1-41(27-15-17-37-18-16-27)34(44)32-29(33(43)42(32)35(45)40-31(26-10-11-26)25-6-4-3-5-7-25)20-24-14-19-38-30(21-24)48-36(46)39-22-23-8-12-28(47-2)13-9-23/h3-9,12-19,21,26,29,31-32H,10-11,20,22H2,1-2H3,(H,39,46)(H,40,45)/t29-,31?,32+/m1/s1. The molecule has 1 aliphatic heterocycles. The molecule has 2 N–H and O–H groups in total. The van der Waals surface area contributed by atoms with Crippen LogP contribution in [0.15, 0.2) is 97.5 Å². The summed E-state index contributed by atoms with van der Waals surface area (Å²) in [4.78, 5) is 64.5. The molecule has 6 rings (SSSR count). The van der Waals surface area contributed by atoms with Crippen molar-refractivity contribution in [3.05, 3.63) is 114 Å². The number of β-lactam (4-membered cyclic amide) rings is 1. The molecule has 0 bridgehead atoms. The van der Waals surface area contributed by atoms with Gasteiger partial charge in [0.1, 0.15) is 11.8 Å². The molecule has 5 amide bonds. The van der Waals surface area contributed by atoms with E-state index >= 15 is 0 Å². The number of pyridine rings is 2. The number of hydrogen-bond donors (Lipinski definition) is 2. The van der Waals surface area contributed by atoms with Crippen molar-refractivity contribution in [2.24, 2.45) is 11.8 Å². The molecule has 2 fully saturated rings. The number of ether oxygens (including phenoxy) is 2. The topological polar surface area (TPSA) is 143 Å². The van der Waals surface area contributed by atoms with Gasteiger partial charge in [-0.1, -0.05) is 42.5 Å². The molecule has 2 aliphatic rings. The minimum atomic E-state index is -1.06. The highest BCUT2D eigenvalue weighted by Gasteiger charge is 2.55. The van der Waals surface area contributed by atoms with Crippen LogP contribution >= 0.6 is 0 Å². The Morgan fingerprint density at radius 2 is 1.69 bits per heavy atom. The zero-order valence-corrected chi connectivity index (χ0v) is 26.6. The van der Waals surface area contributed by atoms with Crippen LogP contribution in [0.3, 0.4) is 0 Å². The third-order valence-electron chi connectivity index (χ3n) is 8.65. The number of aromatic nitrogens is 2. The minimum Gasteiger partial charge on any atom is -0.497 e. The molecule has 1 unspecified atom stereocenters. The summed E-state index contributed by atoms with van der Waals surface area (Å²) in [5.74, 6) is -0.699. The van der Waals surface area contributed by atoms with Crippen molar-refractivity contribution in [3.63, 3.8) is 0 Å². The summed E-state index contributed by atoms with van der Waals surface area (Å²) in [6.07, 6.45) is 5.96. The van der Waals surface area contributed by atoms with Crippen LogP contribution in [0.5, 0.6) is 11.6 Å². The predicted molar refractivity (Wildman–Crippen MR) is 176 cm³/mol. The normalized spacial score (nSPS) is 17.5. The molecule has 48 heavy (non-hydrogen) atoms. The Morgan fingerprint density at radius 1 is 0.958 bits per heavy atom.